The molecule has 0 aliphatic carbocycles. The highest BCUT2D eigenvalue weighted by Crippen LogP contribution is 2.27. The number of aryl methyl sites for hydroxylation is 1. The van der Waals surface area contributed by atoms with Gasteiger partial charge in [0.25, 0.3) is 5.91 Å². The van der Waals surface area contributed by atoms with E-state index in [4.69, 9.17) is 27.4 Å². The number of carbonyl (C=O) groups is 1. The monoisotopic (exact) mass is 335 g/mol. The number of rotatable bonds is 7. The number of nitrogens with two attached hydrogens (primary N) is 1. The Morgan fingerprint density at radius 3 is 2.96 bits per heavy atom. The molecule has 0 spiro atoms. The van der Waals surface area contributed by atoms with Crippen molar-refractivity contribution in [2.75, 3.05) is 13.7 Å². The number of ether oxygens (including phenoxy) is 2. The number of methoxy groups -OCH3 is 1. The maximum Gasteiger partial charge on any atom is 0.255 e. The van der Waals surface area contributed by atoms with Gasteiger partial charge in [0.1, 0.15) is 0 Å². The zero-order valence-electron chi connectivity index (χ0n) is 12.8. The van der Waals surface area contributed by atoms with Gasteiger partial charge in [-0.05, 0) is 36.0 Å². The minimum absolute atomic E-state index is 0.214. The van der Waals surface area contributed by atoms with E-state index in [0.717, 1.165) is 11.4 Å². The number of benzene rings is 1. The molecule has 3 N–H and O–H groups in total. The van der Waals surface area contributed by atoms with Crippen molar-refractivity contribution in [2.45, 2.75) is 13.3 Å². The molecule has 0 radical (unpaired) electrons. The molecule has 0 saturated heterocycles. The number of amides is 1. The molecule has 1 amide bonds. The van der Waals surface area contributed by atoms with E-state index in [-0.39, 0.29) is 6.61 Å². The average molecular weight is 335 g/mol. The highest BCUT2D eigenvalue weighted by Gasteiger charge is 2.07. The van der Waals surface area contributed by atoms with Crippen molar-refractivity contribution < 1.29 is 14.3 Å². The predicted molar refractivity (Wildman–Crippen MR) is 87.5 cm³/mol. The van der Waals surface area contributed by atoms with Crippen LogP contribution in [0.25, 0.3) is 0 Å². The molecule has 2 rings (SSSR count). The number of nitrogens with one attached hydrogen (secondary N) is 1. The van der Waals surface area contributed by atoms with Crippen molar-refractivity contribution in [2.24, 2.45) is 10.8 Å². The lowest BCUT2D eigenvalue weighted by molar-refractivity contribution is -0.119. The fourth-order valence-corrected chi connectivity index (χ4v) is 2.03. The summed E-state index contributed by atoms with van der Waals surface area (Å²) in [4.78, 5) is 10.8. The van der Waals surface area contributed by atoms with E-state index in [1.54, 1.807) is 29.1 Å². The molecular weight excluding hydrogens is 318 g/mol. The Morgan fingerprint density at radius 2 is 2.30 bits per heavy atom. The second-order valence-corrected chi connectivity index (χ2v) is 4.91. The van der Waals surface area contributed by atoms with E-state index in [1.165, 1.54) is 7.11 Å². The van der Waals surface area contributed by atoms with Crippen LogP contribution in [0.15, 0.2) is 23.3 Å². The lowest BCUT2D eigenvalue weighted by Gasteiger charge is -2.09. The van der Waals surface area contributed by atoms with Gasteiger partial charge in [-0.3, -0.25) is 9.89 Å². The lowest BCUT2D eigenvalue weighted by atomic mass is 10.2. The Labute approximate surface area is 137 Å². The van der Waals surface area contributed by atoms with E-state index < -0.39 is 5.91 Å². The second kappa shape index (κ2) is 7.54. The summed E-state index contributed by atoms with van der Waals surface area (Å²) in [7, 11) is 1.51. The number of nitrogens with zero attached hydrogens (tertiary/aromatic N) is 3. The van der Waals surface area contributed by atoms with Crippen LogP contribution in [0.1, 0.15) is 18.3 Å². The van der Waals surface area contributed by atoms with Crippen LogP contribution in [0, 0.1) is 4.77 Å². The summed E-state index contributed by atoms with van der Waals surface area (Å²) in [6.45, 7) is 1.75. The summed E-state index contributed by atoms with van der Waals surface area (Å²) >= 11 is 5.13. The zero-order chi connectivity index (χ0) is 16.8. The van der Waals surface area contributed by atoms with Gasteiger partial charge in [-0.2, -0.15) is 14.9 Å². The topological polar surface area (TPSA) is 108 Å². The zero-order valence-corrected chi connectivity index (χ0v) is 13.6. The molecule has 0 aliphatic rings. The predicted octanol–water partition coefficient (Wildman–Crippen LogP) is 1.26. The van der Waals surface area contributed by atoms with Gasteiger partial charge in [-0.15, -0.1) is 0 Å². The molecule has 0 aliphatic heterocycles. The Hall–Kier alpha value is -2.68. The minimum atomic E-state index is -0.556. The van der Waals surface area contributed by atoms with E-state index in [2.05, 4.69) is 15.3 Å². The molecule has 0 bridgehead atoms. The molecule has 0 saturated carbocycles. The van der Waals surface area contributed by atoms with Crippen molar-refractivity contribution in [3.63, 3.8) is 0 Å². The van der Waals surface area contributed by atoms with Gasteiger partial charge in [0, 0.05) is 6.42 Å². The van der Waals surface area contributed by atoms with Crippen LogP contribution in [0.3, 0.4) is 0 Å². The third-order valence-electron chi connectivity index (χ3n) is 2.91. The van der Waals surface area contributed by atoms with E-state index in [9.17, 15) is 4.79 Å². The molecule has 1 aromatic heterocycles. The molecule has 0 atom stereocenters. The maximum atomic E-state index is 10.8. The third kappa shape index (κ3) is 4.16. The van der Waals surface area contributed by atoms with Crippen LogP contribution in [-0.4, -0.2) is 40.7 Å². The molecule has 0 unspecified atom stereocenters. The summed E-state index contributed by atoms with van der Waals surface area (Å²) in [5.74, 6) is 1.08. The van der Waals surface area contributed by atoms with Crippen LogP contribution >= 0.6 is 12.2 Å². The van der Waals surface area contributed by atoms with Crippen LogP contribution in [0.5, 0.6) is 11.5 Å². The largest absolute Gasteiger partial charge is 0.493 e. The number of H-pyrrole nitrogens is 1. The van der Waals surface area contributed by atoms with Crippen molar-refractivity contribution in [1.82, 2.24) is 14.9 Å². The molecular formula is C14H17N5O3S. The van der Waals surface area contributed by atoms with Crippen molar-refractivity contribution in [1.29, 1.82) is 0 Å². The smallest absolute Gasteiger partial charge is 0.255 e. The highest BCUT2D eigenvalue weighted by atomic mass is 32.1. The number of hydrogen-bond acceptors (Lipinski definition) is 6. The maximum absolute atomic E-state index is 10.8. The van der Waals surface area contributed by atoms with Gasteiger partial charge in [0.2, 0.25) is 4.77 Å². The van der Waals surface area contributed by atoms with Crippen molar-refractivity contribution in [3.8, 4) is 11.5 Å². The molecule has 2 aromatic rings. The number of primary amides is 1. The van der Waals surface area contributed by atoms with Gasteiger partial charge in [0.15, 0.2) is 23.9 Å². The number of aromatic amines is 1. The highest BCUT2D eigenvalue weighted by molar-refractivity contribution is 7.71. The molecule has 8 nitrogen and oxygen atoms in total. The summed E-state index contributed by atoms with van der Waals surface area (Å²) in [5.41, 5.74) is 5.83. The first-order valence-corrected chi connectivity index (χ1v) is 7.25. The summed E-state index contributed by atoms with van der Waals surface area (Å²) in [6.07, 6.45) is 2.33. The Morgan fingerprint density at radius 1 is 1.52 bits per heavy atom. The number of aromatic nitrogens is 3. The van der Waals surface area contributed by atoms with Crippen LogP contribution in [-0.2, 0) is 11.2 Å². The van der Waals surface area contributed by atoms with Crippen molar-refractivity contribution >= 4 is 24.3 Å². The third-order valence-corrected chi connectivity index (χ3v) is 3.18. The van der Waals surface area contributed by atoms with Gasteiger partial charge in [-0.25, -0.2) is 0 Å². The standard InChI is InChI=1S/C14H17N5O3S/c1-3-13-17-18-14(23)19(13)16-7-9-4-5-10(11(6-9)21-2)22-8-12(15)20/h4-7H,3,8H2,1-2H3,(H2,15,20)(H,18,23)/b16-7-. The summed E-state index contributed by atoms with van der Waals surface area (Å²) < 4.78 is 12.5. The summed E-state index contributed by atoms with van der Waals surface area (Å²) in [6, 6.07) is 5.19. The molecule has 1 aromatic carbocycles. The van der Waals surface area contributed by atoms with Gasteiger partial charge < -0.3 is 15.2 Å². The average Bonchev–Trinajstić information content (AvgIpc) is 2.91. The van der Waals surface area contributed by atoms with E-state index in [1.807, 2.05) is 6.92 Å². The molecule has 122 valence electrons. The quantitative estimate of drug-likeness (QED) is 0.585. The van der Waals surface area contributed by atoms with E-state index in [0.29, 0.717) is 22.7 Å². The van der Waals surface area contributed by atoms with E-state index >= 15 is 0 Å². The van der Waals surface area contributed by atoms with Gasteiger partial charge in [-0.1, -0.05) is 6.92 Å². The van der Waals surface area contributed by atoms with Crippen molar-refractivity contribution in [3.05, 3.63) is 34.4 Å². The first-order valence-electron chi connectivity index (χ1n) is 6.85. The van der Waals surface area contributed by atoms with Crippen LogP contribution < -0.4 is 15.2 Å². The molecule has 23 heavy (non-hydrogen) atoms. The Kier molecular flexibility index (Phi) is 5.47. The fraction of sp³-hybridized carbons (Fsp3) is 0.286. The number of hydrogen-bond donors (Lipinski definition) is 2. The SMILES string of the molecule is CCc1n[nH]c(=S)n1/N=C\c1ccc(OCC(N)=O)c(OC)c1. The normalized spacial score (nSPS) is 10.9. The molecule has 1 heterocycles. The minimum Gasteiger partial charge on any atom is -0.493 e. The van der Waals surface area contributed by atoms with Gasteiger partial charge >= 0.3 is 0 Å². The Balaban J connectivity index is 2.23. The molecule has 9 heteroatoms. The van der Waals surface area contributed by atoms with Crippen LogP contribution in [0.2, 0.25) is 0 Å². The van der Waals surface area contributed by atoms with Gasteiger partial charge in [0.05, 0.1) is 13.3 Å². The second-order valence-electron chi connectivity index (χ2n) is 4.52. The first kappa shape index (κ1) is 16.7. The molecule has 0 fully saturated rings. The number of carbonyl (C=O) groups excluding carboxylic acids is 1. The Bertz CT molecular complexity index is 781. The lowest BCUT2D eigenvalue weighted by Crippen LogP contribution is -2.20. The van der Waals surface area contributed by atoms with Crippen LogP contribution in [0.4, 0.5) is 0 Å². The first-order chi connectivity index (χ1) is 11.0. The summed E-state index contributed by atoms with van der Waals surface area (Å²) in [5, 5.41) is 11.1. The fourth-order valence-electron chi connectivity index (χ4n) is 1.83.